The molecule has 88 valence electrons. The van der Waals surface area contributed by atoms with Crippen molar-refractivity contribution in [1.29, 1.82) is 0 Å². The lowest BCUT2D eigenvalue weighted by molar-refractivity contribution is 1.32. The zero-order valence-corrected chi connectivity index (χ0v) is 11.8. The van der Waals surface area contributed by atoms with Crippen LogP contribution < -0.4 is 0 Å². The molecule has 0 saturated carbocycles. The minimum absolute atomic E-state index is 0.999. The minimum Gasteiger partial charge on any atom is -0.265 e. The van der Waals surface area contributed by atoms with E-state index < -0.39 is 0 Å². The topological polar surface area (TPSA) is 25.8 Å². The molecule has 0 aliphatic carbocycles. The predicted octanol–water partition coefficient (Wildman–Crippen LogP) is 4.63. The van der Waals surface area contributed by atoms with Crippen molar-refractivity contribution in [3.63, 3.8) is 0 Å². The molecule has 0 fully saturated rings. The smallest absolute Gasteiger partial charge is 0.124 e. The van der Waals surface area contributed by atoms with Gasteiger partial charge in [0, 0.05) is 33.4 Å². The Kier molecular flexibility index (Phi) is 3.21. The molecular weight excluding hydrogens is 308 g/mol. The molecule has 4 heteroatoms. The number of pyridine rings is 1. The number of nitrogens with zero attached hydrogens (tertiary/aromatic N) is 2. The summed E-state index contributed by atoms with van der Waals surface area (Å²) in [7, 11) is 0. The normalized spacial score (nSPS) is 10.5. The number of halogens is 1. The fraction of sp³-hybridized carbons (Fsp3) is 0. The summed E-state index contributed by atoms with van der Waals surface area (Å²) in [5, 5.41) is 3.10. The quantitative estimate of drug-likeness (QED) is 0.688. The van der Waals surface area contributed by atoms with Crippen LogP contribution in [0.25, 0.3) is 21.8 Å². The molecule has 0 aliphatic rings. The van der Waals surface area contributed by atoms with Crippen LogP contribution in [0.5, 0.6) is 0 Å². The monoisotopic (exact) mass is 316 g/mol. The Morgan fingerprint density at radius 3 is 2.56 bits per heavy atom. The summed E-state index contributed by atoms with van der Waals surface area (Å²) in [5.41, 5.74) is 3.22. The van der Waals surface area contributed by atoms with Crippen LogP contribution >= 0.6 is 27.3 Å². The van der Waals surface area contributed by atoms with E-state index in [0.29, 0.717) is 0 Å². The van der Waals surface area contributed by atoms with Gasteiger partial charge < -0.3 is 0 Å². The van der Waals surface area contributed by atoms with Gasteiger partial charge >= 0.3 is 0 Å². The number of hydrogen-bond donors (Lipinski definition) is 0. The maximum Gasteiger partial charge on any atom is 0.124 e. The average Bonchev–Trinajstić information content (AvgIpc) is 2.90. The highest BCUT2D eigenvalue weighted by molar-refractivity contribution is 9.10. The molecule has 0 atom stereocenters. The highest BCUT2D eigenvalue weighted by Crippen LogP contribution is 2.32. The van der Waals surface area contributed by atoms with Gasteiger partial charge in [-0.3, -0.25) is 4.98 Å². The molecular formula is C14H9BrN2S. The van der Waals surface area contributed by atoms with Crippen LogP contribution in [0.15, 0.2) is 58.6 Å². The molecule has 0 radical (unpaired) electrons. The van der Waals surface area contributed by atoms with Gasteiger partial charge in [0.05, 0.1) is 5.69 Å². The first-order valence-corrected chi connectivity index (χ1v) is 7.13. The lowest BCUT2D eigenvalue weighted by Crippen LogP contribution is -1.81. The van der Waals surface area contributed by atoms with Gasteiger partial charge in [-0.25, -0.2) is 4.98 Å². The van der Waals surface area contributed by atoms with E-state index >= 15 is 0 Å². The largest absolute Gasteiger partial charge is 0.265 e. The van der Waals surface area contributed by atoms with Gasteiger partial charge in [0.25, 0.3) is 0 Å². The number of hydrogen-bond acceptors (Lipinski definition) is 3. The number of thiazole rings is 1. The van der Waals surface area contributed by atoms with Crippen molar-refractivity contribution in [2.45, 2.75) is 0 Å². The predicted molar refractivity (Wildman–Crippen MR) is 78.5 cm³/mol. The number of benzene rings is 1. The van der Waals surface area contributed by atoms with E-state index in [0.717, 1.165) is 26.3 Å². The SMILES string of the molecule is Brc1ccccc1-c1csc(-c2ccncc2)n1. The number of aromatic nitrogens is 2. The van der Waals surface area contributed by atoms with E-state index in [1.165, 1.54) is 0 Å². The Morgan fingerprint density at radius 1 is 1.00 bits per heavy atom. The van der Waals surface area contributed by atoms with Gasteiger partial charge in [0.2, 0.25) is 0 Å². The van der Waals surface area contributed by atoms with Crippen molar-refractivity contribution in [1.82, 2.24) is 9.97 Å². The summed E-state index contributed by atoms with van der Waals surface area (Å²) in [6, 6.07) is 12.1. The van der Waals surface area contributed by atoms with Gasteiger partial charge in [-0.15, -0.1) is 11.3 Å². The van der Waals surface area contributed by atoms with E-state index in [9.17, 15) is 0 Å². The van der Waals surface area contributed by atoms with Gasteiger partial charge in [0.1, 0.15) is 5.01 Å². The Bertz CT molecular complexity index is 664. The van der Waals surface area contributed by atoms with Crippen LogP contribution in [0.4, 0.5) is 0 Å². The Labute approximate surface area is 117 Å². The van der Waals surface area contributed by atoms with Gasteiger partial charge in [0.15, 0.2) is 0 Å². The summed E-state index contributed by atoms with van der Waals surface area (Å²) in [5.74, 6) is 0. The van der Waals surface area contributed by atoms with E-state index in [2.05, 4.69) is 37.3 Å². The van der Waals surface area contributed by atoms with Crippen LogP contribution in [0.2, 0.25) is 0 Å². The first-order valence-electron chi connectivity index (χ1n) is 5.45. The molecule has 2 aromatic heterocycles. The van der Waals surface area contributed by atoms with Gasteiger partial charge in [-0.1, -0.05) is 34.1 Å². The van der Waals surface area contributed by atoms with E-state index in [1.807, 2.05) is 30.3 Å². The molecule has 0 saturated heterocycles. The molecule has 0 spiro atoms. The Morgan fingerprint density at radius 2 is 1.78 bits per heavy atom. The third-order valence-electron chi connectivity index (χ3n) is 2.58. The zero-order chi connectivity index (χ0) is 12.4. The first kappa shape index (κ1) is 11.6. The molecule has 18 heavy (non-hydrogen) atoms. The molecule has 0 bridgehead atoms. The summed E-state index contributed by atoms with van der Waals surface area (Å²) >= 11 is 5.20. The molecule has 0 aliphatic heterocycles. The Hall–Kier alpha value is -1.52. The second-order valence-corrected chi connectivity index (χ2v) is 5.47. The maximum absolute atomic E-state index is 4.67. The number of rotatable bonds is 2. The molecule has 3 rings (SSSR count). The van der Waals surface area contributed by atoms with Crippen molar-refractivity contribution in [3.05, 3.63) is 58.6 Å². The summed E-state index contributed by atoms with van der Waals surface area (Å²) in [6.45, 7) is 0. The van der Waals surface area contributed by atoms with Crippen molar-refractivity contribution >= 4 is 27.3 Å². The zero-order valence-electron chi connectivity index (χ0n) is 9.38. The Balaban J connectivity index is 2.03. The molecule has 0 N–H and O–H groups in total. The standard InChI is InChI=1S/C14H9BrN2S/c15-12-4-2-1-3-11(12)13-9-18-14(17-13)10-5-7-16-8-6-10/h1-9H. The molecule has 0 amide bonds. The molecule has 0 unspecified atom stereocenters. The molecule has 1 aromatic carbocycles. The molecule has 2 nitrogen and oxygen atoms in total. The van der Waals surface area contributed by atoms with Crippen LogP contribution in [0, 0.1) is 0 Å². The van der Waals surface area contributed by atoms with Crippen LogP contribution in [0.1, 0.15) is 0 Å². The van der Waals surface area contributed by atoms with E-state index in [-0.39, 0.29) is 0 Å². The second kappa shape index (κ2) is 5.00. The van der Waals surface area contributed by atoms with Crippen LogP contribution in [-0.4, -0.2) is 9.97 Å². The fourth-order valence-corrected chi connectivity index (χ4v) is 3.01. The van der Waals surface area contributed by atoms with Crippen molar-refractivity contribution in [2.75, 3.05) is 0 Å². The van der Waals surface area contributed by atoms with Crippen molar-refractivity contribution < 1.29 is 0 Å². The maximum atomic E-state index is 4.67. The summed E-state index contributed by atoms with van der Waals surface area (Å²) < 4.78 is 1.07. The minimum atomic E-state index is 0.999. The average molecular weight is 317 g/mol. The van der Waals surface area contributed by atoms with Crippen molar-refractivity contribution in [2.24, 2.45) is 0 Å². The van der Waals surface area contributed by atoms with Gasteiger partial charge in [-0.2, -0.15) is 0 Å². The third kappa shape index (κ3) is 2.21. The van der Waals surface area contributed by atoms with Crippen LogP contribution in [-0.2, 0) is 0 Å². The summed E-state index contributed by atoms with van der Waals surface area (Å²) in [4.78, 5) is 8.69. The third-order valence-corrected chi connectivity index (χ3v) is 4.16. The van der Waals surface area contributed by atoms with Crippen LogP contribution in [0.3, 0.4) is 0 Å². The van der Waals surface area contributed by atoms with Crippen molar-refractivity contribution in [3.8, 4) is 21.8 Å². The highest BCUT2D eigenvalue weighted by Gasteiger charge is 2.08. The van der Waals surface area contributed by atoms with E-state index in [4.69, 9.17) is 0 Å². The second-order valence-electron chi connectivity index (χ2n) is 3.75. The highest BCUT2D eigenvalue weighted by atomic mass is 79.9. The van der Waals surface area contributed by atoms with E-state index in [1.54, 1.807) is 23.7 Å². The van der Waals surface area contributed by atoms with Gasteiger partial charge in [-0.05, 0) is 18.2 Å². The molecule has 3 aromatic rings. The fourth-order valence-electron chi connectivity index (χ4n) is 1.69. The molecule has 2 heterocycles. The first-order chi connectivity index (χ1) is 8.84. The lowest BCUT2D eigenvalue weighted by atomic mass is 10.2. The summed E-state index contributed by atoms with van der Waals surface area (Å²) in [6.07, 6.45) is 3.57. The lowest BCUT2D eigenvalue weighted by Gasteiger charge is -1.99.